The van der Waals surface area contributed by atoms with Gasteiger partial charge in [0.15, 0.2) is 0 Å². The number of aldehydes is 1. The highest BCUT2D eigenvalue weighted by Crippen LogP contribution is 2.15. The van der Waals surface area contributed by atoms with E-state index in [0.29, 0.717) is 17.4 Å². The maximum Gasteiger partial charge on any atom is 0.243 e. The molecule has 0 saturated heterocycles. The molecule has 57 heavy (non-hydrogen) atoms. The molecule has 0 fully saturated rings. The van der Waals surface area contributed by atoms with Crippen molar-refractivity contribution < 1.29 is 48.6 Å². The zero-order valence-electron chi connectivity index (χ0n) is 32.4. The number of benzene rings is 2. The standard InChI is InChI=1S/C38H55N9O10/c1-20(2)32(37(56)44-27(34(53)42-22(4)19-48)15-23-8-6-5-7-9-23)46-36(55)28(17-30(41)51)45-38(57)33(21(3)14-29(40)50)47-35(54)26(43-31(52)18-39)16-24-10-12-25(49)13-11-24/h5-13,19-22,26-29,32-33,49-50H,14-18,39-40H2,1-4H3,(H2,41,51)(H,42,53)(H,43,52)(H,44,56)(H,45,57)(H,46,55)(H,47,54)/t21-,22-,26-,27-,28-,29+,32-,33-/m0/s1. The number of hydrogen-bond acceptors (Lipinski definition) is 12. The van der Waals surface area contributed by atoms with Crippen LogP contribution in [0.15, 0.2) is 54.6 Å². The highest BCUT2D eigenvalue weighted by atomic mass is 16.3. The van der Waals surface area contributed by atoms with Gasteiger partial charge in [-0.25, -0.2) is 0 Å². The summed E-state index contributed by atoms with van der Waals surface area (Å²) in [7, 11) is 0. The topological polar surface area (TPSA) is 327 Å². The number of nitrogens with two attached hydrogens (primary N) is 3. The van der Waals surface area contributed by atoms with Crippen LogP contribution in [-0.4, -0.2) is 107 Å². The van der Waals surface area contributed by atoms with Crippen LogP contribution in [0.5, 0.6) is 5.75 Å². The first-order valence-electron chi connectivity index (χ1n) is 18.3. The molecule has 0 radical (unpaired) electrons. The Morgan fingerprint density at radius 3 is 1.68 bits per heavy atom. The molecule has 0 aromatic heterocycles. The van der Waals surface area contributed by atoms with E-state index in [1.807, 2.05) is 0 Å². The van der Waals surface area contributed by atoms with E-state index in [9.17, 15) is 48.6 Å². The van der Waals surface area contributed by atoms with Gasteiger partial charge in [0.2, 0.25) is 41.4 Å². The average Bonchev–Trinajstić information content (AvgIpc) is 3.15. The molecule has 0 saturated carbocycles. The van der Waals surface area contributed by atoms with Gasteiger partial charge in [0.1, 0.15) is 48.5 Å². The molecule has 2 rings (SSSR count). The van der Waals surface area contributed by atoms with Crippen molar-refractivity contribution in [2.45, 2.75) is 95.9 Å². The number of phenolic OH excluding ortho intramolecular Hbond substituents is 1. The van der Waals surface area contributed by atoms with Crippen molar-refractivity contribution in [3.05, 3.63) is 65.7 Å². The lowest BCUT2D eigenvalue weighted by Crippen LogP contribution is -2.62. The molecule has 2 aromatic rings. The average molecular weight is 798 g/mol. The highest BCUT2D eigenvalue weighted by molar-refractivity contribution is 5.98. The highest BCUT2D eigenvalue weighted by Gasteiger charge is 2.36. The summed E-state index contributed by atoms with van der Waals surface area (Å²) in [5.74, 6) is -7.52. The van der Waals surface area contributed by atoms with Crippen molar-refractivity contribution in [3.8, 4) is 5.75 Å². The van der Waals surface area contributed by atoms with Crippen molar-refractivity contribution in [1.82, 2.24) is 31.9 Å². The molecule has 0 unspecified atom stereocenters. The second kappa shape index (κ2) is 23.2. The molecular weight excluding hydrogens is 742 g/mol. The fraction of sp³-hybridized carbons (Fsp3) is 0.474. The molecule has 0 spiro atoms. The van der Waals surface area contributed by atoms with Gasteiger partial charge in [-0.1, -0.05) is 63.2 Å². The smallest absolute Gasteiger partial charge is 0.243 e. The third-order valence-electron chi connectivity index (χ3n) is 8.75. The molecule has 0 bridgehead atoms. The second-order valence-corrected chi connectivity index (χ2v) is 14.1. The van der Waals surface area contributed by atoms with Crippen molar-refractivity contribution in [3.63, 3.8) is 0 Å². The summed E-state index contributed by atoms with van der Waals surface area (Å²) in [5.41, 5.74) is 17.7. The van der Waals surface area contributed by atoms with Crippen LogP contribution in [0.1, 0.15) is 51.7 Å². The molecule has 2 aromatic carbocycles. The zero-order chi connectivity index (χ0) is 42.8. The summed E-state index contributed by atoms with van der Waals surface area (Å²) < 4.78 is 0. The van der Waals surface area contributed by atoms with Gasteiger partial charge in [-0.2, -0.15) is 0 Å². The molecule has 0 aliphatic heterocycles. The first kappa shape index (κ1) is 47.2. The lowest BCUT2D eigenvalue weighted by atomic mass is 9.95. The zero-order valence-corrected chi connectivity index (χ0v) is 32.4. The van der Waals surface area contributed by atoms with E-state index in [2.05, 4.69) is 31.9 Å². The number of hydrogen-bond donors (Lipinski definition) is 11. The molecule has 0 aliphatic carbocycles. The number of aliphatic hydroxyl groups excluding tert-OH is 1. The molecule has 7 amide bonds. The Hall–Kier alpha value is -5.92. The molecule has 14 N–H and O–H groups in total. The van der Waals surface area contributed by atoms with Crippen LogP contribution in [-0.2, 0) is 51.2 Å². The minimum atomic E-state index is -1.68. The third-order valence-corrected chi connectivity index (χ3v) is 8.75. The van der Waals surface area contributed by atoms with E-state index in [1.54, 1.807) is 44.2 Å². The number of phenols is 1. The predicted octanol–water partition coefficient (Wildman–Crippen LogP) is -2.90. The van der Waals surface area contributed by atoms with Crippen molar-refractivity contribution in [1.29, 1.82) is 0 Å². The first-order valence-corrected chi connectivity index (χ1v) is 18.3. The SMILES string of the molecule is CC(C)[C@H](NC(=O)[C@H](CC(N)=O)NC(=O)[C@@H](NC(=O)[C@H](Cc1ccc(O)cc1)NC(=O)CN)[C@@H](C)C[C@H](N)O)C(=O)N[C@@H](Cc1ccccc1)C(=O)N[C@@H](C)C=O. The van der Waals surface area contributed by atoms with E-state index in [1.165, 1.54) is 38.1 Å². The third kappa shape index (κ3) is 16.4. The molecule has 0 aliphatic rings. The van der Waals surface area contributed by atoms with Gasteiger partial charge in [0.25, 0.3) is 0 Å². The second-order valence-electron chi connectivity index (χ2n) is 14.1. The minimum Gasteiger partial charge on any atom is -0.508 e. The van der Waals surface area contributed by atoms with Crippen molar-refractivity contribution in [2.24, 2.45) is 29.0 Å². The van der Waals surface area contributed by atoms with Gasteiger partial charge in [0, 0.05) is 12.8 Å². The monoisotopic (exact) mass is 797 g/mol. The largest absolute Gasteiger partial charge is 0.508 e. The van der Waals surface area contributed by atoms with E-state index in [0.717, 1.165) is 0 Å². The molecule has 19 nitrogen and oxygen atoms in total. The van der Waals surface area contributed by atoms with Crippen molar-refractivity contribution >= 4 is 47.6 Å². The number of aliphatic hydroxyl groups is 1. The quantitative estimate of drug-likeness (QED) is 0.0399. The number of amides is 7. The Kier molecular flexibility index (Phi) is 19.2. The van der Waals surface area contributed by atoms with Crippen LogP contribution in [0.25, 0.3) is 0 Å². The number of nitrogens with one attached hydrogen (secondary N) is 6. The Labute approximate surface area is 330 Å². The van der Waals surface area contributed by atoms with Gasteiger partial charge in [-0.05, 0) is 48.4 Å². The van der Waals surface area contributed by atoms with E-state index >= 15 is 0 Å². The van der Waals surface area contributed by atoms with E-state index in [4.69, 9.17) is 17.2 Å². The van der Waals surface area contributed by atoms with E-state index in [-0.39, 0.29) is 25.0 Å². The summed E-state index contributed by atoms with van der Waals surface area (Å²) >= 11 is 0. The summed E-state index contributed by atoms with van der Waals surface area (Å²) in [4.78, 5) is 104. The maximum absolute atomic E-state index is 13.9. The summed E-state index contributed by atoms with van der Waals surface area (Å²) in [6.07, 6.45) is -1.91. The maximum atomic E-state index is 13.9. The van der Waals surface area contributed by atoms with Crippen LogP contribution in [0, 0.1) is 11.8 Å². The fourth-order valence-corrected chi connectivity index (χ4v) is 5.71. The van der Waals surface area contributed by atoms with Gasteiger partial charge >= 0.3 is 0 Å². The van der Waals surface area contributed by atoms with Crippen LogP contribution in [0.4, 0.5) is 0 Å². The van der Waals surface area contributed by atoms with Crippen LogP contribution in [0.2, 0.25) is 0 Å². The van der Waals surface area contributed by atoms with Crippen LogP contribution >= 0.6 is 0 Å². The van der Waals surface area contributed by atoms with Gasteiger partial charge < -0.3 is 64.1 Å². The van der Waals surface area contributed by atoms with E-state index < -0.39 is 109 Å². The lowest BCUT2D eigenvalue weighted by molar-refractivity contribution is -0.137. The molecular formula is C38H55N9O10. The predicted molar refractivity (Wildman–Crippen MR) is 207 cm³/mol. The normalized spacial score (nSPS) is 15.2. The van der Waals surface area contributed by atoms with Crippen LogP contribution < -0.4 is 49.1 Å². The van der Waals surface area contributed by atoms with Gasteiger partial charge in [0.05, 0.1) is 19.0 Å². The van der Waals surface area contributed by atoms with Crippen molar-refractivity contribution in [2.75, 3.05) is 6.54 Å². The number of rotatable bonds is 23. The fourth-order valence-electron chi connectivity index (χ4n) is 5.71. The lowest BCUT2D eigenvalue weighted by Gasteiger charge is -2.30. The molecule has 19 heteroatoms. The summed E-state index contributed by atoms with van der Waals surface area (Å²) in [6.45, 7) is 5.70. The minimum absolute atomic E-state index is 0.0352. The Balaban J connectivity index is 2.37. The van der Waals surface area contributed by atoms with Gasteiger partial charge in [-0.3, -0.25) is 33.6 Å². The Bertz CT molecular complexity index is 1690. The van der Waals surface area contributed by atoms with Crippen LogP contribution in [0.3, 0.4) is 0 Å². The first-order chi connectivity index (χ1) is 26.8. The summed E-state index contributed by atoms with van der Waals surface area (Å²) in [6, 6.07) is 6.74. The Morgan fingerprint density at radius 1 is 0.667 bits per heavy atom. The van der Waals surface area contributed by atoms with Gasteiger partial charge in [-0.15, -0.1) is 0 Å². The number of carbonyl (C=O) groups excluding carboxylic acids is 8. The Morgan fingerprint density at radius 2 is 1.16 bits per heavy atom. The number of carbonyl (C=O) groups is 8. The number of aromatic hydroxyl groups is 1. The molecule has 0 heterocycles. The molecule has 8 atom stereocenters. The molecule has 312 valence electrons. The summed E-state index contributed by atoms with van der Waals surface area (Å²) in [5, 5.41) is 34.7. The number of primary amides is 1.